The molecule has 2 nitrogen and oxygen atoms in total. The van der Waals surface area contributed by atoms with E-state index < -0.39 is 6.10 Å². The molecular weight excluding hydrogens is 169 g/mol. The van der Waals surface area contributed by atoms with Crippen LogP contribution in [0.2, 0.25) is 0 Å². The van der Waals surface area contributed by atoms with Crippen molar-refractivity contribution in [3.05, 3.63) is 30.1 Å². The van der Waals surface area contributed by atoms with Crippen molar-refractivity contribution in [2.75, 3.05) is 5.32 Å². The molecule has 0 spiro atoms. The van der Waals surface area contributed by atoms with E-state index in [0.717, 1.165) is 0 Å². The monoisotopic (exact) mass is 183 g/mol. The highest BCUT2D eigenvalue weighted by Gasteiger charge is 2.09. The van der Waals surface area contributed by atoms with Crippen molar-refractivity contribution in [2.24, 2.45) is 0 Å². The molecule has 0 saturated heterocycles. The van der Waals surface area contributed by atoms with Crippen LogP contribution in [0.3, 0.4) is 0 Å². The van der Waals surface area contributed by atoms with E-state index in [1.165, 1.54) is 6.07 Å². The molecule has 2 N–H and O–H groups in total. The maximum Gasteiger partial charge on any atom is 0.146 e. The Morgan fingerprint density at radius 2 is 1.92 bits per heavy atom. The van der Waals surface area contributed by atoms with Gasteiger partial charge in [0.2, 0.25) is 0 Å². The van der Waals surface area contributed by atoms with Gasteiger partial charge in [-0.25, -0.2) is 4.39 Å². The third-order valence-electron chi connectivity index (χ3n) is 1.98. The number of aliphatic hydroxyl groups is 1. The maximum absolute atomic E-state index is 13.1. The van der Waals surface area contributed by atoms with Gasteiger partial charge in [-0.1, -0.05) is 12.1 Å². The van der Waals surface area contributed by atoms with Gasteiger partial charge >= 0.3 is 0 Å². The van der Waals surface area contributed by atoms with Gasteiger partial charge in [0, 0.05) is 6.04 Å². The molecule has 0 radical (unpaired) electrons. The maximum atomic E-state index is 13.1. The molecule has 13 heavy (non-hydrogen) atoms. The molecule has 72 valence electrons. The van der Waals surface area contributed by atoms with Crippen LogP contribution in [0, 0.1) is 5.82 Å². The largest absolute Gasteiger partial charge is 0.391 e. The van der Waals surface area contributed by atoms with Crippen LogP contribution in [-0.4, -0.2) is 17.3 Å². The average Bonchev–Trinajstić information content (AvgIpc) is 2.08. The Bertz CT molecular complexity index is 275. The van der Waals surface area contributed by atoms with E-state index in [1.807, 2.05) is 0 Å². The summed E-state index contributed by atoms with van der Waals surface area (Å²) in [6.45, 7) is 3.47. The average molecular weight is 183 g/mol. The summed E-state index contributed by atoms with van der Waals surface area (Å²) in [6, 6.07) is 6.26. The predicted molar refractivity (Wildman–Crippen MR) is 51.2 cm³/mol. The molecule has 0 saturated carbocycles. The summed E-state index contributed by atoms with van der Waals surface area (Å²) >= 11 is 0. The second kappa shape index (κ2) is 4.23. The van der Waals surface area contributed by atoms with Gasteiger partial charge in [0.1, 0.15) is 5.82 Å². The first-order chi connectivity index (χ1) is 6.11. The lowest BCUT2D eigenvalue weighted by Gasteiger charge is -2.17. The number of rotatable bonds is 3. The van der Waals surface area contributed by atoms with Crippen LogP contribution in [0.5, 0.6) is 0 Å². The summed E-state index contributed by atoms with van der Waals surface area (Å²) in [7, 11) is 0. The molecule has 0 heterocycles. The number of nitrogens with one attached hydrogen (secondary N) is 1. The van der Waals surface area contributed by atoms with Crippen molar-refractivity contribution in [2.45, 2.75) is 26.0 Å². The lowest BCUT2D eigenvalue weighted by molar-refractivity contribution is 0.177. The van der Waals surface area contributed by atoms with Crippen molar-refractivity contribution in [3.8, 4) is 0 Å². The van der Waals surface area contributed by atoms with Gasteiger partial charge in [-0.05, 0) is 26.0 Å². The minimum atomic E-state index is -0.500. The number of para-hydroxylation sites is 1. The van der Waals surface area contributed by atoms with Gasteiger partial charge in [0.25, 0.3) is 0 Å². The van der Waals surface area contributed by atoms with Crippen LogP contribution >= 0.6 is 0 Å². The predicted octanol–water partition coefficient (Wildman–Crippen LogP) is 2.01. The molecule has 1 rings (SSSR count). The van der Waals surface area contributed by atoms with Crippen LogP contribution in [-0.2, 0) is 0 Å². The summed E-state index contributed by atoms with van der Waals surface area (Å²) in [5.41, 5.74) is 0.427. The van der Waals surface area contributed by atoms with Crippen LogP contribution in [0.15, 0.2) is 24.3 Å². The molecule has 3 heteroatoms. The van der Waals surface area contributed by atoms with Gasteiger partial charge in [0.05, 0.1) is 11.8 Å². The Kier molecular flexibility index (Phi) is 3.25. The van der Waals surface area contributed by atoms with Crippen LogP contribution < -0.4 is 5.32 Å². The molecule has 1 aromatic rings. The zero-order valence-corrected chi connectivity index (χ0v) is 7.79. The number of hydrogen-bond acceptors (Lipinski definition) is 2. The number of anilines is 1. The molecule has 1 aromatic carbocycles. The minimum Gasteiger partial charge on any atom is -0.391 e. The topological polar surface area (TPSA) is 32.3 Å². The molecular formula is C10H14FNO. The zero-order chi connectivity index (χ0) is 9.84. The third-order valence-corrected chi connectivity index (χ3v) is 1.98. The molecule has 0 aliphatic heterocycles. The van der Waals surface area contributed by atoms with E-state index in [4.69, 9.17) is 0 Å². The molecule has 0 unspecified atom stereocenters. The number of benzene rings is 1. The standard InChI is InChI=1S/C10H14FNO/c1-7(8(2)13)12-10-6-4-3-5-9(10)11/h3-8,12-13H,1-2H3/t7-,8-/m0/s1. The van der Waals surface area contributed by atoms with Gasteiger partial charge in [-0.3, -0.25) is 0 Å². The second-order valence-electron chi connectivity index (χ2n) is 3.15. The van der Waals surface area contributed by atoms with Crippen LogP contribution in [0.4, 0.5) is 10.1 Å². The molecule has 0 aliphatic carbocycles. The van der Waals surface area contributed by atoms with Gasteiger partial charge in [0.15, 0.2) is 0 Å². The van der Waals surface area contributed by atoms with E-state index in [1.54, 1.807) is 32.0 Å². The SMILES string of the molecule is C[C@H](O)[C@H](C)Nc1ccccc1F. The Hall–Kier alpha value is -1.09. The van der Waals surface area contributed by atoms with Crippen molar-refractivity contribution in [1.82, 2.24) is 0 Å². The van der Waals surface area contributed by atoms with Gasteiger partial charge in [-0.2, -0.15) is 0 Å². The fourth-order valence-corrected chi connectivity index (χ4v) is 0.944. The van der Waals surface area contributed by atoms with Crippen LogP contribution in [0.1, 0.15) is 13.8 Å². The first-order valence-corrected chi connectivity index (χ1v) is 4.30. The second-order valence-corrected chi connectivity index (χ2v) is 3.15. The zero-order valence-electron chi connectivity index (χ0n) is 7.79. The normalized spacial score (nSPS) is 15.1. The quantitative estimate of drug-likeness (QED) is 0.751. The van der Waals surface area contributed by atoms with Crippen molar-refractivity contribution in [1.29, 1.82) is 0 Å². The first kappa shape index (κ1) is 9.99. The van der Waals surface area contributed by atoms with E-state index in [2.05, 4.69) is 5.32 Å². The smallest absolute Gasteiger partial charge is 0.146 e. The summed E-state index contributed by atoms with van der Waals surface area (Å²) in [6.07, 6.45) is -0.500. The fourth-order valence-electron chi connectivity index (χ4n) is 0.944. The minimum absolute atomic E-state index is 0.156. The Morgan fingerprint density at radius 1 is 1.31 bits per heavy atom. The van der Waals surface area contributed by atoms with Crippen molar-refractivity contribution in [3.63, 3.8) is 0 Å². The summed E-state index contributed by atoms with van der Waals surface area (Å²) in [5.74, 6) is -0.296. The van der Waals surface area contributed by atoms with E-state index in [9.17, 15) is 9.50 Å². The van der Waals surface area contributed by atoms with Crippen molar-refractivity contribution >= 4 is 5.69 Å². The third kappa shape index (κ3) is 2.70. The molecule has 0 aliphatic rings. The van der Waals surface area contributed by atoms with Crippen molar-refractivity contribution < 1.29 is 9.50 Å². The highest BCUT2D eigenvalue weighted by molar-refractivity contribution is 5.45. The van der Waals surface area contributed by atoms with E-state index in [-0.39, 0.29) is 11.9 Å². The Balaban J connectivity index is 2.69. The molecule has 0 amide bonds. The molecule has 0 bridgehead atoms. The summed E-state index contributed by atoms with van der Waals surface area (Å²) in [5, 5.41) is 12.1. The Labute approximate surface area is 77.4 Å². The Morgan fingerprint density at radius 3 is 2.46 bits per heavy atom. The van der Waals surface area contributed by atoms with Crippen LogP contribution in [0.25, 0.3) is 0 Å². The lowest BCUT2D eigenvalue weighted by Crippen LogP contribution is -2.28. The summed E-state index contributed by atoms with van der Waals surface area (Å²) < 4.78 is 13.1. The highest BCUT2D eigenvalue weighted by atomic mass is 19.1. The molecule has 2 atom stereocenters. The highest BCUT2D eigenvalue weighted by Crippen LogP contribution is 2.14. The van der Waals surface area contributed by atoms with E-state index in [0.29, 0.717) is 5.69 Å². The number of hydrogen-bond donors (Lipinski definition) is 2. The molecule has 0 aromatic heterocycles. The first-order valence-electron chi connectivity index (χ1n) is 4.30. The molecule has 0 fully saturated rings. The van der Waals surface area contributed by atoms with Gasteiger partial charge < -0.3 is 10.4 Å². The number of aliphatic hydroxyl groups excluding tert-OH is 1. The van der Waals surface area contributed by atoms with Gasteiger partial charge in [-0.15, -0.1) is 0 Å². The fraction of sp³-hybridized carbons (Fsp3) is 0.400. The summed E-state index contributed by atoms with van der Waals surface area (Å²) in [4.78, 5) is 0. The lowest BCUT2D eigenvalue weighted by atomic mass is 10.2. The number of halogens is 1. The van der Waals surface area contributed by atoms with E-state index >= 15 is 0 Å².